The van der Waals surface area contributed by atoms with Crippen LogP contribution in [-0.4, -0.2) is 17.5 Å². The van der Waals surface area contributed by atoms with Gasteiger partial charge in [0.15, 0.2) is 4.90 Å². The molecule has 0 saturated carbocycles. The first-order chi connectivity index (χ1) is 11.6. The maximum Gasteiger partial charge on any atom is 0.345 e. The van der Waals surface area contributed by atoms with Crippen molar-refractivity contribution in [1.29, 1.82) is 0 Å². The zero-order valence-electron chi connectivity index (χ0n) is 12.9. The minimum atomic E-state index is -0.282. The molecule has 2 aromatic rings. The second-order valence-corrected chi connectivity index (χ2v) is 11.2. The van der Waals surface area contributed by atoms with Crippen LogP contribution >= 0.6 is 67.8 Å². The molecule has 0 radical (unpaired) electrons. The second kappa shape index (κ2) is 8.90. The lowest BCUT2D eigenvalue weighted by Gasteiger charge is -2.13. The summed E-state index contributed by atoms with van der Waals surface area (Å²) in [5.74, 6) is 2.95. The average Bonchev–Trinajstić information content (AvgIpc) is 2.60. The van der Waals surface area contributed by atoms with Gasteiger partial charge in [0.1, 0.15) is 17.3 Å². The summed E-state index contributed by atoms with van der Waals surface area (Å²) in [6.07, 6.45) is 4.04. The SMILES string of the molecule is O=C(Oc1ccc([S+]2CCCCC2)cc1)c1c(I)ccc(I)c1I. The summed E-state index contributed by atoms with van der Waals surface area (Å²) in [4.78, 5) is 14.0. The van der Waals surface area contributed by atoms with Gasteiger partial charge in [0.05, 0.1) is 5.56 Å². The first-order valence-corrected chi connectivity index (χ1v) is 12.5. The van der Waals surface area contributed by atoms with Crippen LogP contribution in [0.15, 0.2) is 41.3 Å². The molecule has 1 heterocycles. The number of benzene rings is 2. The number of ether oxygens (including phenoxy) is 1. The lowest BCUT2D eigenvalue weighted by molar-refractivity contribution is 0.0732. The molecule has 0 unspecified atom stereocenters. The highest BCUT2D eigenvalue weighted by molar-refractivity contribution is 14.1. The maximum absolute atomic E-state index is 12.6. The number of hydrogen-bond donors (Lipinski definition) is 0. The molecule has 0 aromatic heterocycles. The van der Waals surface area contributed by atoms with Gasteiger partial charge in [-0.15, -0.1) is 0 Å². The first-order valence-electron chi connectivity index (χ1n) is 7.69. The van der Waals surface area contributed by atoms with Gasteiger partial charge in [-0.3, -0.25) is 0 Å². The van der Waals surface area contributed by atoms with E-state index in [0.29, 0.717) is 22.2 Å². The van der Waals surface area contributed by atoms with Crippen molar-refractivity contribution in [2.24, 2.45) is 0 Å². The third-order valence-corrected chi connectivity index (χ3v) is 10.3. The van der Waals surface area contributed by atoms with E-state index in [2.05, 4.69) is 79.9 Å². The zero-order chi connectivity index (χ0) is 17.1. The molecule has 1 aliphatic heterocycles. The van der Waals surface area contributed by atoms with Gasteiger partial charge in [-0.2, -0.15) is 0 Å². The van der Waals surface area contributed by atoms with Crippen LogP contribution < -0.4 is 4.74 Å². The molecule has 0 atom stereocenters. The van der Waals surface area contributed by atoms with Crippen LogP contribution in [0.3, 0.4) is 0 Å². The Morgan fingerprint density at radius 1 is 0.875 bits per heavy atom. The molecule has 2 nitrogen and oxygen atoms in total. The van der Waals surface area contributed by atoms with Crippen LogP contribution in [0.1, 0.15) is 29.6 Å². The van der Waals surface area contributed by atoms with Crippen LogP contribution in [0.25, 0.3) is 0 Å². The summed E-state index contributed by atoms with van der Waals surface area (Å²) < 4.78 is 8.54. The average molecular weight is 677 g/mol. The summed E-state index contributed by atoms with van der Waals surface area (Å²) in [6.45, 7) is 0. The van der Waals surface area contributed by atoms with E-state index in [1.807, 2.05) is 24.3 Å². The van der Waals surface area contributed by atoms with Crippen molar-refractivity contribution in [2.75, 3.05) is 11.5 Å². The highest BCUT2D eigenvalue weighted by Crippen LogP contribution is 2.27. The van der Waals surface area contributed by atoms with Gasteiger partial charge in [-0.05, 0) is 123 Å². The first kappa shape index (κ1) is 19.2. The zero-order valence-corrected chi connectivity index (χ0v) is 20.1. The smallest absolute Gasteiger partial charge is 0.345 e. The van der Waals surface area contributed by atoms with Crippen LogP contribution in [0, 0.1) is 10.7 Å². The van der Waals surface area contributed by atoms with E-state index >= 15 is 0 Å². The Kier molecular flexibility index (Phi) is 7.12. The van der Waals surface area contributed by atoms with E-state index in [-0.39, 0.29) is 5.97 Å². The molecule has 0 N–H and O–H groups in total. The summed E-state index contributed by atoms with van der Waals surface area (Å²) in [6, 6.07) is 12.1. The second-order valence-electron chi connectivity index (χ2n) is 5.54. The Morgan fingerprint density at radius 2 is 1.50 bits per heavy atom. The third-order valence-electron chi connectivity index (χ3n) is 3.90. The standard InChI is InChI=1S/C18H16I3O2S/c19-14-8-9-15(20)17(21)16(14)18(22)23-12-4-6-13(7-5-12)24-10-2-1-3-11-24/h4-9H,1-3,10-11H2/q+1. The van der Waals surface area contributed by atoms with E-state index in [9.17, 15) is 4.79 Å². The topological polar surface area (TPSA) is 26.3 Å². The molecule has 0 aliphatic carbocycles. The molecule has 0 amide bonds. The minimum Gasteiger partial charge on any atom is -0.423 e. The van der Waals surface area contributed by atoms with Crippen molar-refractivity contribution in [3.8, 4) is 5.75 Å². The quantitative estimate of drug-likeness (QED) is 0.134. The molecular formula is C18H16I3O2S+. The number of hydrogen-bond acceptors (Lipinski definition) is 2. The van der Waals surface area contributed by atoms with Crippen molar-refractivity contribution < 1.29 is 9.53 Å². The lowest BCUT2D eigenvalue weighted by atomic mass is 10.2. The molecule has 0 bridgehead atoms. The molecular weight excluding hydrogens is 661 g/mol. The van der Waals surface area contributed by atoms with Gasteiger partial charge in [-0.1, -0.05) is 0 Å². The Morgan fingerprint density at radius 3 is 2.17 bits per heavy atom. The van der Waals surface area contributed by atoms with Crippen molar-refractivity contribution in [1.82, 2.24) is 0 Å². The number of esters is 1. The fourth-order valence-corrected chi connectivity index (χ4v) is 7.27. The number of carbonyl (C=O) groups is 1. The van der Waals surface area contributed by atoms with E-state index in [0.717, 1.165) is 10.7 Å². The van der Waals surface area contributed by atoms with E-state index in [1.54, 1.807) is 0 Å². The Labute approximate surface area is 186 Å². The van der Waals surface area contributed by atoms with E-state index in [4.69, 9.17) is 4.74 Å². The van der Waals surface area contributed by atoms with Gasteiger partial charge in [0, 0.05) is 21.6 Å². The Balaban J connectivity index is 1.74. The molecule has 6 heteroatoms. The molecule has 1 saturated heterocycles. The van der Waals surface area contributed by atoms with Crippen LogP contribution in [0.2, 0.25) is 0 Å². The molecule has 1 fully saturated rings. The van der Waals surface area contributed by atoms with Gasteiger partial charge < -0.3 is 4.74 Å². The molecule has 2 aromatic carbocycles. The van der Waals surface area contributed by atoms with Gasteiger partial charge >= 0.3 is 5.97 Å². The van der Waals surface area contributed by atoms with Crippen molar-refractivity contribution in [3.63, 3.8) is 0 Å². The fraction of sp³-hybridized carbons (Fsp3) is 0.278. The summed E-state index contributed by atoms with van der Waals surface area (Å²) >= 11 is 6.64. The molecule has 0 spiro atoms. The largest absolute Gasteiger partial charge is 0.423 e. The van der Waals surface area contributed by atoms with Crippen LogP contribution in [0.5, 0.6) is 5.75 Å². The minimum absolute atomic E-state index is 0.282. The summed E-state index contributed by atoms with van der Waals surface area (Å²) in [5, 5.41) is 0. The monoisotopic (exact) mass is 677 g/mol. The maximum atomic E-state index is 12.6. The highest BCUT2D eigenvalue weighted by Gasteiger charge is 2.25. The lowest BCUT2D eigenvalue weighted by Crippen LogP contribution is -2.17. The highest BCUT2D eigenvalue weighted by atomic mass is 127. The summed E-state index contributed by atoms with van der Waals surface area (Å²) in [5.41, 5.74) is 0.654. The van der Waals surface area contributed by atoms with Crippen molar-refractivity contribution in [3.05, 3.63) is 52.7 Å². The summed E-state index contributed by atoms with van der Waals surface area (Å²) in [7, 11) is 0.381. The predicted octanol–water partition coefficient (Wildman–Crippen LogP) is 5.88. The van der Waals surface area contributed by atoms with E-state index in [1.165, 1.54) is 35.7 Å². The van der Waals surface area contributed by atoms with Crippen molar-refractivity contribution >= 4 is 84.6 Å². The normalized spacial score (nSPS) is 15.3. The van der Waals surface area contributed by atoms with Gasteiger partial charge in [0.25, 0.3) is 0 Å². The Hall–Kier alpha value is 0.450. The number of halogens is 3. The molecule has 24 heavy (non-hydrogen) atoms. The fourth-order valence-electron chi connectivity index (χ4n) is 2.64. The predicted molar refractivity (Wildman–Crippen MR) is 125 cm³/mol. The number of carbonyl (C=O) groups excluding carboxylic acids is 1. The third kappa shape index (κ3) is 4.59. The van der Waals surface area contributed by atoms with Gasteiger partial charge in [-0.25, -0.2) is 4.79 Å². The van der Waals surface area contributed by atoms with Crippen molar-refractivity contribution in [2.45, 2.75) is 24.2 Å². The van der Waals surface area contributed by atoms with Crippen LogP contribution in [0.4, 0.5) is 0 Å². The van der Waals surface area contributed by atoms with Gasteiger partial charge in [0.2, 0.25) is 0 Å². The molecule has 1 aliphatic rings. The Bertz CT molecular complexity index is 741. The molecule has 126 valence electrons. The number of rotatable bonds is 3. The molecule has 3 rings (SSSR count). The van der Waals surface area contributed by atoms with E-state index < -0.39 is 0 Å². The van der Waals surface area contributed by atoms with Crippen LogP contribution in [-0.2, 0) is 10.9 Å².